The lowest BCUT2D eigenvalue weighted by molar-refractivity contribution is -0.143. The van der Waals surface area contributed by atoms with Crippen molar-refractivity contribution in [3.8, 4) is 5.75 Å². The van der Waals surface area contributed by atoms with E-state index in [9.17, 15) is 19.5 Å². The van der Waals surface area contributed by atoms with Gasteiger partial charge < -0.3 is 25.4 Å². The van der Waals surface area contributed by atoms with E-state index in [-0.39, 0.29) is 23.5 Å². The third-order valence-corrected chi connectivity index (χ3v) is 6.39. The average Bonchev–Trinajstić information content (AvgIpc) is 2.83. The number of ether oxygens (including phenoxy) is 1. The lowest BCUT2D eigenvalue weighted by atomic mass is 9.94. The molecule has 3 N–H and O–H groups in total. The summed E-state index contributed by atoms with van der Waals surface area (Å²) in [5, 5.41) is 16.7. The molecule has 1 aromatic rings. The van der Waals surface area contributed by atoms with E-state index in [0.29, 0.717) is 37.1 Å². The maximum atomic E-state index is 14.1. The molecule has 0 fully saturated rings. The van der Waals surface area contributed by atoms with Crippen LogP contribution in [0.2, 0.25) is 0 Å². The van der Waals surface area contributed by atoms with Crippen LogP contribution in [0.15, 0.2) is 18.2 Å². The molecule has 0 saturated heterocycles. The SMILES string of the molecule is CCCCCNC(=O)C(c1cccc(C)c1O)N(CCCC)C(=O)C(NC(=O)OC(C)(C)C)C(C)CC. The number of amides is 3. The lowest BCUT2D eigenvalue weighted by Gasteiger charge is -2.36. The van der Waals surface area contributed by atoms with E-state index in [2.05, 4.69) is 17.6 Å². The zero-order valence-corrected chi connectivity index (χ0v) is 24.1. The number of nitrogens with zero attached hydrogens (tertiary/aromatic N) is 1. The van der Waals surface area contributed by atoms with Crippen LogP contribution in [0.3, 0.4) is 0 Å². The van der Waals surface area contributed by atoms with E-state index in [1.807, 2.05) is 20.8 Å². The Hall–Kier alpha value is -2.77. The van der Waals surface area contributed by atoms with Crippen molar-refractivity contribution < 1.29 is 24.2 Å². The highest BCUT2D eigenvalue weighted by molar-refractivity contribution is 5.92. The highest BCUT2D eigenvalue weighted by Crippen LogP contribution is 2.33. The molecule has 1 aromatic carbocycles. The molecule has 37 heavy (non-hydrogen) atoms. The maximum absolute atomic E-state index is 14.1. The minimum absolute atomic E-state index is 0.00861. The summed E-state index contributed by atoms with van der Waals surface area (Å²) in [5.41, 5.74) is 0.274. The molecule has 0 aliphatic carbocycles. The fraction of sp³-hybridized carbons (Fsp3) is 0.690. The first-order valence-corrected chi connectivity index (χ1v) is 13.7. The molecule has 210 valence electrons. The van der Waals surface area contributed by atoms with Gasteiger partial charge >= 0.3 is 6.09 Å². The monoisotopic (exact) mass is 519 g/mol. The van der Waals surface area contributed by atoms with Gasteiger partial charge in [-0.05, 0) is 52.0 Å². The predicted molar refractivity (Wildman–Crippen MR) is 147 cm³/mol. The summed E-state index contributed by atoms with van der Waals surface area (Å²) >= 11 is 0. The van der Waals surface area contributed by atoms with E-state index in [4.69, 9.17) is 4.74 Å². The number of nitrogens with one attached hydrogen (secondary N) is 2. The van der Waals surface area contributed by atoms with Crippen LogP contribution in [0, 0.1) is 12.8 Å². The number of alkyl carbamates (subject to hydrolysis) is 1. The third kappa shape index (κ3) is 10.3. The standard InChI is InChI=1S/C29H49N3O5/c1-9-12-14-18-30-26(34)24(22-17-15-16-21(5)25(22)33)32(19-13-10-2)27(35)23(20(4)11-3)31-28(36)37-29(6,7)8/h15-17,20,23-24,33H,9-14,18-19H2,1-8H3,(H,30,34)(H,31,36). The van der Waals surface area contributed by atoms with Crippen molar-refractivity contribution in [1.82, 2.24) is 15.5 Å². The molecule has 0 bridgehead atoms. The van der Waals surface area contributed by atoms with Crippen molar-refractivity contribution in [1.29, 1.82) is 0 Å². The molecule has 0 aliphatic heterocycles. The summed E-state index contributed by atoms with van der Waals surface area (Å²) in [6.45, 7) is 15.8. The summed E-state index contributed by atoms with van der Waals surface area (Å²) in [5.74, 6) is -0.931. The van der Waals surface area contributed by atoms with Gasteiger partial charge in [0.1, 0.15) is 23.4 Å². The van der Waals surface area contributed by atoms with Crippen LogP contribution in [-0.4, -0.2) is 52.6 Å². The maximum Gasteiger partial charge on any atom is 0.408 e. The number of aryl methyl sites for hydroxylation is 1. The van der Waals surface area contributed by atoms with Gasteiger partial charge in [-0.3, -0.25) is 9.59 Å². The van der Waals surface area contributed by atoms with E-state index in [1.54, 1.807) is 45.9 Å². The van der Waals surface area contributed by atoms with Crippen molar-refractivity contribution in [2.45, 2.75) is 112 Å². The number of rotatable bonds is 14. The molecule has 8 heteroatoms. The molecule has 3 atom stereocenters. The largest absolute Gasteiger partial charge is 0.507 e. The number of hydrogen-bond donors (Lipinski definition) is 3. The van der Waals surface area contributed by atoms with Gasteiger partial charge in [-0.25, -0.2) is 4.79 Å². The number of benzene rings is 1. The first-order valence-electron chi connectivity index (χ1n) is 13.7. The number of hydrogen-bond acceptors (Lipinski definition) is 5. The Morgan fingerprint density at radius 2 is 1.70 bits per heavy atom. The minimum Gasteiger partial charge on any atom is -0.507 e. The van der Waals surface area contributed by atoms with Crippen LogP contribution in [-0.2, 0) is 14.3 Å². The fourth-order valence-corrected chi connectivity index (χ4v) is 4.03. The molecule has 0 aliphatic rings. The normalized spacial score (nSPS) is 13.8. The summed E-state index contributed by atoms with van der Waals surface area (Å²) in [7, 11) is 0. The molecule has 0 saturated carbocycles. The number of phenolic OH excluding ortho intramolecular Hbond substituents is 1. The Bertz CT molecular complexity index is 881. The predicted octanol–water partition coefficient (Wildman–Crippen LogP) is 5.62. The molecule has 8 nitrogen and oxygen atoms in total. The fourth-order valence-electron chi connectivity index (χ4n) is 4.03. The second-order valence-corrected chi connectivity index (χ2v) is 10.8. The van der Waals surface area contributed by atoms with Gasteiger partial charge in [-0.1, -0.05) is 71.6 Å². The Balaban J connectivity index is 3.51. The second-order valence-electron chi connectivity index (χ2n) is 10.8. The van der Waals surface area contributed by atoms with Crippen LogP contribution >= 0.6 is 0 Å². The first kappa shape index (κ1) is 32.3. The van der Waals surface area contributed by atoms with Crippen LogP contribution in [0.1, 0.15) is 104 Å². The number of carbonyl (C=O) groups excluding carboxylic acids is 3. The quantitative estimate of drug-likeness (QED) is 0.277. The van der Waals surface area contributed by atoms with Gasteiger partial charge in [0.2, 0.25) is 11.8 Å². The Kier molecular flexibility index (Phi) is 13.5. The van der Waals surface area contributed by atoms with Crippen molar-refractivity contribution in [2.24, 2.45) is 5.92 Å². The van der Waals surface area contributed by atoms with E-state index >= 15 is 0 Å². The van der Waals surface area contributed by atoms with E-state index in [0.717, 1.165) is 25.7 Å². The van der Waals surface area contributed by atoms with Gasteiger partial charge in [0.25, 0.3) is 0 Å². The molecule has 1 rings (SSSR count). The summed E-state index contributed by atoms with van der Waals surface area (Å²) in [6.07, 6.45) is 4.26. The van der Waals surface area contributed by atoms with Crippen molar-refractivity contribution >= 4 is 17.9 Å². The highest BCUT2D eigenvalue weighted by atomic mass is 16.6. The van der Waals surface area contributed by atoms with Crippen LogP contribution in [0.25, 0.3) is 0 Å². The lowest BCUT2D eigenvalue weighted by Crippen LogP contribution is -2.55. The van der Waals surface area contributed by atoms with Crippen LogP contribution in [0.5, 0.6) is 5.75 Å². The Labute approximate surface area is 223 Å². The Morgan fingerprint density at radius 3 is 2.27 bits per heavy atom. The number of aromatic hydroxyl groups is 1. The molecular weight excluding hydrogens is 470 g/mol. The zero-order chi connectivity index (χ0) is 28.2. The molecular formula is C29H49N3O5. The number of phenols is 1. The average molecular weight is 520 g/mol. The van der Waals surface area contributed by atoms with Gasteiger partial charge in [0.05, 0.1) is 0 Å². The van der Waals surface area contributed by atoms with Crippen molar-refractivity contribution in [2.75, 3.05) is 13.1 Å². The summed E-state index contributed by atoms with van der Waals surface area (Å²) in [6, 6.07) is 3.30. The smallest absolute Gasteiger partial charge is 0.408 e. The summed E-state index contributed by atoms with van der Waals surface area (Å²) in [4.78, 5) is 42.0. The highest BCUT2D eigenvalue weighted by Gasteiger charge is 2.38. The second kappa shape index (κ2) is 15.5. The van der Waals surface area contributed by atoms with E-state index < -0.39 is 23.8 Å². The van der Waals surface area contributed by atoms with Gasteiger partial charge in [-0.15, -0.1) is 0 Å². The molecule has 0 aromatic heterocycles. The Morgan fingerprint density at radius 1 is 1.05 bits per heavy atom. The van der Waals surface area contributed by atoms with E-state index in [1.165, 1.54) is 4.90 Å². The first-order chi connectivity index (χ1) is 17.4. The molecule has 0 radical (unpaired) electrons. The summed E-state index contributed by atoms with van der Waals surface area (Å²) < 4.78 is 5.44. The third-order valence-electron chi connectivity index (χ3n) is 6.39. The minimum atomic E-state index is -1.03. The number of carbonyl (C=O) groups is 3. The van der Waals surface area contributed by atoms with Crippen molar-refractivity contribution in [3.63, 3.8) is 0 Å². The van der Waals surface area contributed by atoms with Gasteiger partial charge in [-0.2, -0.15) is 0 Å². The molecule has 0 spiro atoms. The number of para-hydroxylation sites is 1. The molecule has 3 amide bonds. The van der Waals surface area contributed by atoms with Crippen molar-refractivity contribution in [3.05, 3.63) is 29.3 Å². The van der Waals surface area contributed by atoms with Gasteiger partial charge in [0, 0.05) is 18.7 Å². The number of unbranched alkanes of at least 4 members (excludes halogenated alkanes) is 3. The van der Waals surface area contributed by atoms with Crippen LogP contribution < -0.4 is 10.6 Å². The molecule has 0 heterocycles. The molecule has 3 unspecified atom stereocenters. The van der Waals surface area contributed by atoms with Crippen LogP contribution in [0.4, 0.5) is 4.79 Å². The topological polar surface area (TPSA) is 108 Å². The van der Waals surface area contributed by atoms with Gasteiger partial charge in [0.15, 0.2) is 0 Å². The zero-order valence-electron chi connectivity index (χ0n) is 24.1.